The molecule has 0 saturated carbocycles. The number of carbonyl (C=O) groups is 1. The molecule has 96 valence electrons. The number of anilines is 1. The molecule has 0 bridgehead atoms. The van der Waals surface area contributed by atoms with Crippen molar-refractivity contribution in [3.63, 3.8) is 0 Å². The van der Waals surface area contributed by atoms with Crippen LogP contribution in [0.3, 0.4) is 0 Å². The summed E-state index contributed by atoms with van der Waals surface area (Å²) in [7, 11) is -3.98. The van der Waals surface area contributed by atoms with Gasteiger partial charge in [-0.3, -0.25) is 4.79 Å². The summed E-state index contributed by atoms with van der Waals surface area (Å²) in [6.07, 6.45) is 0. The lowest BCUT2D eigenvalue weighted by molar-refractivity contribution is 0.0914. The number of nitrogens with two attached hydrogens (primary N) is 2. The SMILES string of the molecule is Cc1cc(N)n(C(=O)c2ccc(S(N)(=O)=O)o2)n1. The molecular formula is C9H10N4O4S. The minimum atomic E-state index is -3.98. The second-order valence-electron chi connectivity index (χ2n) is 3.59. The van der Waals surface area contributed by atoms with E-state index in [1.165, 1.54) is 12.1 Å². The van der Waals surface area contributed by atoms with E-state index in [-0.39, 0.29) is 11.6 Å². The molecular weight excluding hydrogens is 260 g/mol. The van der Waals surface area contributed by atoms with Gasteiger partial charge in [-0.05, 0) is 19.1 Å². The molecule has 0 fully saturated rings. The third kappa shape index (κ3) is 2.13. The van der Waals surface area contributed by atoms with Crippen molar-refractivity contribution in [2.45, 2.75) is 12.0 Å². The van der Waals surface area contributed by atoms with E-state index in [9.17, 15) is 13.2 Å². The molecule has 0 aliphatic carbocycles. The Labute approximate surface area is 102 Å². The predicted octanol–water partition coefficient (Wildman–Crippen LogP) is -0.297. The highest BCUT2D eigenvalue weighted by Crippen LogP contribution is 2.15. The van der Waals surface area contributed by atoms with Crippen LogP contribution < -0.4 is 10.9 Å². The van der Waals surface area contributed by atoms with E-state index in [0.29, 0.717) is 5.69 Å². The van der Waals surface area contributed by atoms with Crippen LogP contribution in [0, 0.1) is 6.92 Å². The summed E-state index contributed by atoms with van der Waals surface area (Å²) in [6.45, 7) is 1.66. The monoisotopic (exact) mass is 270 g/mol. The normalized spacial score (nSPS) is 11.7. The topological polar surface area (TPSA) is 134 Å². The minimum Gasteiger partial charge on any atom is -0.438 e. The smallest absolute Gasteiger partial charge is 0.315 e. The van der Waals surface area contributed by atoms with Crippen LogP contribution in [0.2, 0.25) is 0 Å². The number of aromatic nitrogens is 2. The lowest BCUT2D eigenvalue weighted by atomic mass is 10.4. The number of hydrogen-bond donors (Lipinski definition) is 2. The quantitative estimate of drug-likeness (QED) is 0.769. The molecule has 0 unspecified atom stereocenters. The van der Waals surface area contributed by atoms with Crippen LogP contribution >= 0.6 is 0 Å². The molecule has 18 heavy (non-hydrogen) atoms. The van der Waals surface area contributed by atoms with Gasteiger partial charge in [0.05, 0.1) is 5.69 Å². The van der Waals surface area contributed by atoms with Crippen LogP contribution in [0.4, 0.5) is 5.82 Å². The highest BCUT2D eigenvalue weighted by molar-refractivity contribution is 7.89. The van der Waals surface area contributed by atoms with Gasteiger partial charge in [-0.25, -0.2) is 13.6 Å². The summed E-state index contributed by atoms with van der Waals surface area (Å²) in [5.74, 6) is -0.754. The minimum absolute atomic E-state index is 0.131. The highest BCUT2D eigenvalue weighted by Gasteiger charge is 2.20. The van der Waals surface area contributed by atoms with Gasteiger partial charge >= 0.3 is 5.91 Å². The first-order valence-electron chi connectivity index (χ1n) is 4.78. The van der Waals surface area contributed by atoms with Crippen molar-refractivity contribution >= 4 is 21.7 Å². The average molecular weight is 270 g/mol. The Morgan fingerprint density at radius 2 is 2.11 bits per heavy atom. The summed E-state index contributed by atoms with van der Waals surface area (Å²) >= 11 is 0. The van der Waals surface area contributed by atoms with Crippen LogP contribution in [0.25, 0.3) is 0 Å². The Morgan fingerprint density at radius 3 is 2.56 bits per heavy atom. The number of nitrogen functional groups attached to an aromatic ring is 1. The number of primary sulfonamides is 1. The zero-order valence-electron chi connectivity index (χ0n) is 9.32. The first-order valence-corrected chi connectivity index (χ1v) is 6.33. The van der Waals surface area contributed by atoms with Crippen molar-refractivity contribution in [1.82, 2.24) is 9.78 Å². The molecule has 2 aromatic rings. The van der Waals surface area contributed by atoms with E-state index in [0.717, 1.165) is 10.7 Å². The lowest BCUT2D eigenvalue weighted by Crippen LogP contribution is -2.16. The second-order valence-corrected chi connectivity index (χ2v) is 5.08. The van der Waals surface area contributed by atoms with Crippen LogP contribution in [0.5, 0.6) is 0 Å². The molecule has 0 spiro atoms. The number of hydrogen-bond acceptors (Lipinski definition) is 6. The van der Waals surface area contributed by atoms with E-state index < -0.39 is 21.0 Å². The largest absolute Gasteiger partial charge is 0.438 e. The Kier molecular flexibility index (Phi) is 2.71. The van der Waals surface area contributed by atoms with Crippen molar-refractivity contribution in [1.29, 1.82) is 0 Å². The summed E-state index contributed by atoms with van der Waals surface area (Å²) in [5, 5.41) is 8.23. The summed E-state index contributed by atoms with van der Waals surface area (Å²) in [4.78, 5) is 11.9. The van der Waals surface area contributed by atoms with E-state index in [4.69, 9.17) is 15.3 Å². The molecule has 0 aliphatic heterocycles. The Hall–Kier alpha value is -2.13. The van der Waals surface area contributed by atoms with Crippen molar-refractivity contribution in [2.75, 3.05) is 5.73 Å². The molecule has 0 saturated heterocycles. The Morgan fingerprint density at radius 1 is 1.44 bits per heavy atom. The molecule has 8 nitrogen and oxygen atoms in total. The van der Waals surface area contributed by atoms with Gasteiger partial charge in [-0.1, -0.05) is 0 Å². The summed E-state index contributed by atoms with van der Waals surface area (Å²) in [6, 6.07) is 3.79. The molecule has 0 amide bonds. The zero-order valence-corrected chi connectivity index (χ0v) is 10.1. The van der Waals surface area contributed by atoms with Crippen LogP contribution in [0.15, 0.2) is 27.7 Å². The molecule has 2 rings (SSSR count). The maximum absolute atomic E-state index is 11.9. The number of aryl methyl sites for hydroxylation is 1. The van der Waals surface area contributed by atoms with Gasteiger partial charge < -0.3 is 10.2 Å². The lowest BCUT2D eigenvalue weighted by Gasteiger charge is -1.99. The van der Waals surface area contributed by atoms with Gasteiger partial charge in [0.15, 0.2) is 5.76 Å². The van der Waals surface area contributed by atoms with Crippen molar-refractivity contribution < 1.29 is 17.6 Å². The molecule has 2 heterocycles. The summed E-state index contributed by atoms with van der Waals surface area (Å²) < 4.78 is 27.8. The molecule has 0 aliphatic rings. The number of rotatable bonds is 2. The van der Waals surface area contributed by atoms with Crippen molar-refractivity contribution in [2.24, 2.45) is 5.14 Å². The Bertz CT molecular complexity index is 713. The van der Waals surface area contributed by atoms with Gasteiger partial charge in [0.25, 0.3) is 10.0 Å². The Balaban J connectivity index is 2.41. The van der Waals surface area contributed by atoms with E-state index >= 15 is 0 Å². The first-order chi connectivity index (χ1) is 8.29. The van der Waals surface area contributed by atoms with Gasteiger partial charge in [0.1, 0.15) is 5.82 Å². The maximum atomic E-state index is 11.9. The highest BCUT2D eigenvalue weighted by atomic mass is 32.2. The number of nitrogens with zero attached hydrogens (tertiary/aromatic N) is 2. The third-order valence-corrected chi connectivity index (χ3v) is 2.90. The number of carbonyl (C=O) groups excluding carboxylic acids is 1. The molecule has 4 N–H and O–H groups in total. The molecule has 0 aromatic carbocycles. The average Bonchev–Trinajstić information content (AvgIpc) is 2.83. The van der Waals surface area contributed by atoms with Gasteiger partial charge in [-0.2, -0.15) is 9.78 Å². The van der Waals surface area contributed by atoms with Crippen LogP contribution in [-0.2, 0) is 10.0 Å². The van der Waals surface area contributed by atoms with Gasteiger partial charge in [0.2, 0.25) is 5.09 Å². The summed E-state index contributed by atoms with van der Waals surface area (Å²) in [5.41, 5.74) is 6.12. The number of sulfonamides is 1. The molecule has 2 aromatic heterocycles. The standard InChI is InChI=1S/C9H10N4O4S/c1-5-4-7(10)13(12-5)9(14)6-2-3-8(17-6)18(11,15)16/h2-4H,10H2,1H3,(H2,11,15,16). The maximum Gasteiger partial charge on any atom is 0.315 e. The van der Waals surface area contributed by atoms with Crippen molar-refractivity contribution in [3.05, 3.63) is 29.7 Å². The molecule has 9 heteroatoms. The fraction of sp³-hybridized carbons (Fsp3) is 0.111. The second kappa shape index (κ2) is 3.96. The van der Waals surface area contributed by atoms with E-state index in [1.807, 2.05) is 0 Å². The van der Waals surface area contributed by atoms with E-state index in [2.05, 4.69) is 5.10 Å². The first kappa shape index (κ1) is 12.3. The molecule has 0 atom stereocenters. The molecule has 0 radical (unpaired) electrons. The van der Waals surface area contributed by atoms with E-state index in [1.54, 1.807) is 6.92 Å². The van der Waals surface area contributed by atoms with Crippen LogP contribution in [-0.4, -0.2) is 24.1 Å². The van der Waals surface area contributed by atoms with Gasteiger partial charge in [0, 0.05) is 6.07 Å². The fourth-order valence-corrected chi connectivity index (χ4v) is 1.84. The predicted molar refractivity (Wildman–Crippen MR) is 61.2 cm³/mol. The van der Waals surface area contributed by atoms with Crippen LogP contribution in [0.1, 0.15) is 16.2 Å². The number of furan rings is 1. The van der Waals surface area contributed by atoms with Gasteiger partial charge in [-0.15, -0.1) is 0 Å². The third-order valence-electron chi connectivity index (χ3n) is 2.12. The zero-order chi connectivity index (χ0) is 13.5. The van der Waals surface area contributed by atoms with Crippen molar-refractivity contribution in [3.8, 4) is 0 Å². The fourth-order valence-electron chi connectivity index (χ4n) is 1.37.